The van der Waals surface area contributed by atoms with Crippen molar-refractivity contribution in [1.29, 1.82) is 0 Å². The van der Waals surface area contributed by atoms with E-state index in [-0.39, 0.29) is 0 Å². The van der Waals surface area contributed by atoms with Gasteiger partial charge in [0.1, 0.15) is 17.9 Å². The highest BCUT2D eigenvalue weighted by Gasteiger charge is 2.49. The lowest BCUT2D eigenvalue weighted by atomic mass is 9.92. The highest BCUT2D eigenvalue weighted by Crippen LogP contribution is 2.28. The van der Waals surface area contributed by atoms with E-state index in [0.29, 0.717) is 11.3 Å². The van der Waals surface area contributed by atoms with Crippen LogP contribution in [0.15, 0.2) is 48.5 Å². The standard InChI is InChI=1S/C19H18FN3O3/c1-12-4-3-5-15(10-12)21-16(24)11-23-17(25)19(2,22-18(23)26)13-6-8-14(20)9-7-13/h3-10H,11H2,1-2H3,(H,21,24)(H,22,26). The highest BCUT2D eigenvalue weighted by atomic mass is 19.1. The Labute approximate surface area is 150 Å². The number of anilines is 1. The second kappa shape index (κ2) is 6.59. The number of imide groups is 1. The van der Waals surface area contributed by atoms with Crippen LogP contribution in [0.25, 0.3) is 0 Å². The van der Waals surface area contributed by atoms with Crippen molar-refractivity contribution in [2.75, 3.05) is 11.9 Å². The summed E-state index contributed by atoms with van der Waals surface area (Å²) in [6, 6.07) is 11.8. The number of hydrogen-bond acceptors (Lipinski definition) is 3. The van der Waals surface area contributed by atoms with E-state index in [9.17, 15) is 18.8 Å². The molecule has 0 aromatic heterocycles. The third-order valence-corrected chi connectivity index (χ3v) is 4.30. The number of carbonyl (C=O) groups is 3. The molecule has 0 radical (unpaired) electrons. The molecular formula is C19H18FN3O3. The molecule has 0 aliphatic carbocycles. The first kappa shape index (κ1) is 17.6. The maximum atomic E-state index is 13.1. The molecule has 1 heterocycles. The van der Waals surface area contributed by atoms with Gasteiger partial charge in [-0.25, -0.2) is 9.18 Å². The maximum absolute atomic E-state index is 13.1. The van der Waals surface area contributed by atoms with E-state index in [4.69, 9.17) is 0 Å². The zero-order valence-electron chi connectivity index (χ0n) is 14.4. The van der Waals surface area contributed by atoms with Gasteiger partial charge in [-0.1, -0.05) is 24.3 Å². The van der Waals surface area contributed by atoms with Gasteiger partial charge in [0, 0.05) is 5.69 Å². The Bertz CT molecular complexity index is 882. The Morgan fingerprint density at radius 2 is 1.88 bits per heavy atom. The molecule has 7 heteroatoms. The number of urea groups is 1. The summed E-state index contributed by atoms with van der Waals surface area (Å²) in [5.74, 6) is -1.49. The van der Waals surface area contributed by atoms with Gasteiger partial charge in [-0.3, -0.25) is 14.5 Å². The molecule has 2 aromatic rings. The molecule has 1 aliphatic rings. The molecular weight excluding hydrogens is 337 g/mol. The fraction of sp³-hybridized carbons (Fsp3) is 0.211. The van der Waals surface area contributed by atoms with Crippen molar-refractivity contribution in [2.45, 2.75) is 19.4 Å². The summed E-state index contributed by atoms with van der Waals surface area (Å²) in [7, 11) is 0. The molecule has 1 saturated heterocycles. The van der Waals surface area contributed by atoms with E-state index < -0.39 is 35.7 Å². The van der Waals surface area contributed by atoms with E-state index >= 15 is 0 Å². The number of benzene rings is 2. The second-order valence-electron chi connectivity index (χ2n) is 6.37. The van der Waals surface area contributed by atoms with Gasteiger partial charge in [-0.2, -0.15) is 0 Å². The van der Waals surface area contributed by atoms with Gasteiger partial charge in [-0.15, -0.1) is 0 Å². The summed E-state index contributed by atoms with van der Waals surface area (Å²) in [4.78, 5) is 38.0. The molecule has 1 aliphatic heterocycles. The number of amides is 4. The minimum absolute atomic E-state index is 0.407. The monoisotopic (exact) mass is 355 g/mol. The first-order valence-electron chi connectivity index (χ1n) is 8.06. The van der Waals surface area contributed by atoms with Crippen LogP contribution in [0.4, 0.5) is 14.9 Å². The van der Waals surface area contributed by atoms with E-state index in [0.717, 1.165) is 10.5 Å². The molecule has 0 saturated carbocycles. The average molecular weight is 355 g/mol. The number of nitrogens with zero attached hydrogens (tertiary/aromatic N) is 1. The largest absolute Gasteiger partial charge is 0.325 e. The third-order valence-electron chi connectivity index (χ3n) is 4.30. The quantitative estimate of drug-likeness (QED) is 0.828. The molecule has 6 nitrogen and oxygen atoms in total. The van der Waals surface area contributed by atoms with Crippen LogP contribution in [0.3, 0.4) is 0 Å². The van der Waals surface area contributed by atoms with Gasteiger partial charge in [-0.05, 0) is 49.2 Å². The van der Waals surface area contributed by atoms with Gasteiger partial charge < -0.3 is 10.6 Å². The molecule has 0 bridgehead atoms. The Kier molecular flexibility index (Phi) is 4.46. The number of carbonyl (C=O) groups excluding carboxylic acids is 3. The fourth-order valence-electron chi connectivity index (χ4n) is 2.89. The van der Waals surface area contributed by atoms with Crippen LogP contribution in [-0.4, -0.2) is 29.3 Å². The lowest BCUT2D eigenvalue weighted by Crippen LogP contribution is -2.42. The Hall–Kier alpha value is -3.22. The summed E-state index contributed by atoms with van der Waals surface area (Å²) >= 11 is 0. The summed E-state index contributed by atoms with van der Waals surface area (Å²) < 4.78 is 13.1. The summed E-state index contributed by atoms with van der Waals surface area (Å²) in [6.07, 6.45) is 0. The van der Waals surface area contributed by atoms with Crippen LogP contribution < -0.4 is 10.6 Å². The van der Waals surface area contributed by atoms with Crippen LogP contribution in [0.1, 0.15) is 18.1 Å². The molecule has 1 unspecified atom stereocenters. The van der Waals surface area contributed by atoms with Gasteiger partial charge in [0.25, 0.3) is 5.91 Å². The van der Waals surface area contributed by atoms with E-state index in [2.05, 4.69) is 10.6 Å². The van der Waals surface area contributed by atoms with E-state index in [1.807, 2.05) is 13.0 Å². The molecule has 1 fully saturated rings. The summed E-state index contributed by atoms with van der Waals surface area (Å²) in [6.45, 7) is 3.01. The normalized spacial score (nSPS) is 19.4. The van der Waals surface area contributed by atoms with Crippen LogP contribution >= 0.6 is 0 Å². The molecule has 1 atom stereocenters. The molecule has 2 aromatic carbocycles. The minimum atomic E-state index is -1.34. The fourth-order valence-corrected chi connectivity index (χ4v) is 2.89. The second-order valence-corrected chi connectivity index (χ2v) is 6.37. The number of halogens is 1. The summed E-state index contributed by atoms with van der Waals surface area (Å²) in [5.41, 5.74) is 0.665. The Morgan fingerprint density at radius 3 is 2.54 bits per heavy atom. The number of aryl methyl sites for hydroxylation is 1. The molecule has 134 valence electrons. The van der Waals surface area contributed by atoms with Crippen molar-refractivity contribution in [3.63, 3.8) is 0 Å². The number of rotatable bonds is 4. The van der Waals surface area contributed by atoms with Crippen molar-refractivity contribution in [3.8, 4) is 0 Å². The van der Waals surface area contributed by atoms with Crippen LogP contribution in [0.2, 0.25) is 0 Å². The van der Waals surface area contributed by atoms with Gasteiger partial charge in [0.05, 0.1) is 0 Å². The van der Waals surface area contributed by atoms with Crippen molar-refractivity contribution in [2.24, 2.45) is 0 Å². The molecule has 2 N–H and O–H groups in total. The van der Waals surface area contributed by atoms with E-state index in [1.165, 1.54) is 31.2 Å². The smallest absolute Gasteiger partial charge is 0.325 e. The first-order valence-corrected chi connectivity index (χ1v) is 8.06. The topological polar surface area (TPSA) is 78.5 Å². The van der Waals surface area contributed by atoms with Crippen molar-refractivity contribution in [1.82, 2.24) is 10.2 Å². The lowest BCUT2D eigenvalue weighted by Gasteiger charge is -2.22. The number of nitrogens with one attached hydrogen (secondary N) is 2. The van der Waals surface area contributed by atoms with Gasteiger partial charge in [0.2, 0.25) is 5.91 Å². The van der Waals surface area contributed by atoms with Gasteiger partial charge >= 0.3 is 6.03 Å². The maximum Gasteiger partial charge on any atom is 0.325 e. The van der Waals surface area contributed by atoms with Gasteiger partial charge in [0.15, 0.2) is 0 Å². The minimum Gasteiger partial charge on any atom is -0.325 e. The predicted octanol–water partition coefficient (Wildman–Crippen LogP) is 2.54. The zero-order valence-corrected chi connectivity index (χ0v) is 14.4. The molecule has 0 spiro atoms. The zero-order chi connectivity index (χ0) is 18.9. The Morgan fingerprint density at radius 1 is 1.19 bits per heavy atom. The van der Waals surface area contributed by atoms with Crippen LogP contribution in [0, 0.1) is 12.7 Å². The van der Waals surface area contributed by atoms with Crippen molar-refractivity contribution < 1.29 is 18.8 Å². The van der Waals surface area contributed by atoms with Crippen molar-refractivity contribution >= 4 is 23.5 Å². The molecule has 4 amide bonds. The van der Waals surface area contributed by atoms with Crippen LogP contribution in [-0.2, 0) is 15.1 Å². The summed E-state index contributed by atoms with van der Waals surface area (Å²) in [5, 5.41) is 5.24. The average Bonchev–Trinajstić information content (AvgIpc) is 2.79. The lowest BCUT2D eigenvalue weighted by molar-refractivity contribution is -0.133. The number of hydrogen-bond donors (Lipinski definition) is 2. The van der Waals surface area contributed by atoms with E-state index in [1.54, 1.807) is 18.2 Å². The predicted molar refractivity (Wildman–Crippen MR) is 93.8 cm³/mol. The molecule has 26 heavy (non-hydrogen) atoms. The molecule has 3 rings (SSSR count). The van der Waals surface area contributed by atoms with Crippen molar-refractivity contribution in [3.05, 3.63) is 65.5 Å². The third kappa shape index (κ3) is 3.28. The highest BCUT2D eigenvalue weighted by molar-refractivity contribution is 6.10. The first-order chi connectivity index (χ1) is 12.3. The van der Waals surface area contributed by atoms with Crippen LogP contribution in [0.5, 0.6) is 0 Å². The SMILES string of the molecule is Cc1cccc(NC(=O)CN2C(=O)NC(C)(c3ccc(F)cc3)C2=O)c1. The Balaban J connectivity index is 1.74.